The Labute approximate surface area is 109 Å². The van der Waals surface area contributed by atoms with Crippen molar-refractivity contribution in [3.63, 3.8) is 0 Å². The molecule has 0 saturated carbocycles. The van der Waals surface area contributed by atoms with Gasteiger partial charge in [0.05, 0.1) is 12.7 Å². The first-order valence-electron chi connectivity index (χ1n) is 6.80. The van der Waals surface area contributed by atoms with Crippen LogP contribution in [-0.2, 0) is 4.74 Å². The van der Waals surface area contributed by atoms with Gasteiger partial charge in [0.15, 0.2) is 0 Å². The van der Waals surface area contributed by atoms with Crippen molar-refractivity contribution in [1.82, 2.24) is 0 Å². The van der Waals surface area contributed by atoms with Gasteiger partial charge in [-0.1, -0.05) is 19.1 Å². The molecule has 1 aromatic rings. The molecule has 1 aromatic carbocycles. The highest BCUT2D eigenvalue weighted by molar-refractivity contribution is 5.29. The zero-order valence-electron chi connectivity index (χ0n) is 11.0. The third kappa shape index (κ3) is 3.24. The quantitative estimate of drug-likeness (QED) is 0.873. The Kier molecular flexibility index (Phi) is 5.02. The summed E-state index contributed by atoms with van der Waals surface area (Å²) in [6.07, 6.45) is 3.12. The minimum Gasteiger partial charge on any atom is -0.494 e. The summed E-state index contributed by atoms with van der Waals surface area (Å²) in [7, 11) is 0. The monoisotopic (exact) mass is 250 g/mol. The highest BCUT2D eigenvalue weighted by Crippen LogP contribution is 2.33. The lowest BCUT2D eigenvalue weighted by molar-refractivity contribution is -0.0457. The summed E-state index contributed by atoms with van der Waals surface area (Å²) in [5, 5.41) is 9.39. The van der Waals surface area contributed by atoms with Crippen LogP contribution in [0.25, 0.3) is 0 Å². The maximum absolute atomic E-state index is 9.39. The molecular formula is C15H22O3. The van der Waals surface area contributed by atoms with Gasteiger partial charge in [-0.3, -0.25) is 0 Å². The lowest BCUT2D eigenvalue weighted by Crippen LogP contribution is -2.25. The molecule has 1 saturated heterocycles. The Balaban J connectivity index is 2.03. The lowest BCUT2D eigenvalue weighted by Gasteiger charge is -2.30. The van der Waals surface area contributed by atoms with E-state index in [4.69, 9.17) is 9.47 Å². The van der Waals surface area contributed by atoms with Crippen molar-refractivity contribution in [3.8, 4) is 5.75 Å². The molecule has 1 aliphatic rings. The summed E-state index contributed by atoms with van der Waals surface area (Å²) in [5.74, 6) is 1.12. The van der Waals surface area contributed by atoms with Gasteiger partial charge in [0, 0.05) is 19.1 Å². The molecule has 2 unspecified atom stereocenters. The number of ether oxygens (including phenoxy) is 2. The molecule has 1 fully saturated rings. The van der Waals surface area contributed by atoms with Crippen LogP contribution in [-0.4, -0.2) is 24.9 Å². The van der Waals surface area contributed by atoms with Crippen LogP contribution in [0.15, 0.2) is 24.3 Å². The first-order chi connectivity index (χ1) is 8.85. The van der Waals surface area contributed by atoms with Gasteiger partial charge in [0.2, 0.25) is 0 Å². The van der Waals surface area contributed by atoms with E-state index in [1.165, 1.54) is 0 Å². The molecule has 0 bridgehead atoms. The van der Waals surface area contributed by atoms with E-state index < -0.39 is 0 Å². The largest absolute Gasteiger partial charge is 0.494 e. The van der Waals surface area contributed by atoms with Crippen LogP contribution in [0.2, 0.25) is 0 Å². The first-order valence-corrected chi connectivity index (χ1v) is 6.80. The number of rotatable bonds is 5. The Hall–Kier alpha value is -1.06. The molecule has 0 radical (unpaired) electrons. The van der Waals surface area contributed by atoms with Crippen molar-refractivity contribution in [3.05, 3.63) is 29.8 Å². The van der Waals surface area contributed by atoms with Crippen LogP contribution >= 0.6 is 0 Å². The second-order valence-corrected chi connectivity index (χ2v) is 4.79. The third-order valence-electron chi connectivity index (χ3n) is 3.36. The van der Waals surface area contributed by atoms with E-state index in [1.54, 1.807) is 0 Å². The number of aliphatic hydroxyl groups excluding tert-OH is 1. The van der Waals surface area contributed by atoms with Gasteiger partial charge in [-0.2, -0.15) is 0 Å². The standard InChI is InChI=1S/C15H22O3/c1-2-9-17-14-7-5-12(6-8-14)15-13(11-16)4-3-10-18-15/h5-8,13,15-16H,2-4,9-11H2,1H3. The van der Waals surface area contributed by atoms with Gasteiger partial charge in [-0.05, 0) is 37.0 Å². The fourth-order valence-corrected chi connectivity index (χ4v) is 2.37. The highest BCUT2D eigenvalue weighted by Gasteiger charge is 2.26. The van der Waals surface area contributed by atoms with Crippen LogP contribution in [0.3, 0.4) is 0 Å². The van der Waals surface area contributed by atoms with Crippen molar-refractivity contribution < 1.29 is 14.6 Å². The molecule has 2 atom stereocenters. The van der Waals surface area contributed by atoms with Gasteiger partial charge in [0.25, 0.3) is 0 Å². The molecule has 0 aromatic heterocycles. The minimum absolute atomic E-state index is 0.0315. The van der Waals surface area contributed by atoms with Crippen LogP contribution in [0.1, 0.15) is 37.9 Å². The topological polar surface area (TPSA) is 38.7 Å². The Morgan fingerprint density at radius 2 is 2.11 bits per heavy atom. The zero-order chi connectivity index (χ0) is 12.8. The number of benzene rings is 1. The predicted octanol–water partition coefficient (Wildman–Crippen LogP) is 2.94. The van der Waals surface area contributed by atoms with E-state index in [1.807, 2.05) is 24.3 Å². The molecule has 0 spiro atoms. The number of hydrogen-bond acceptors (Lipinski definition) is 3. The van der Waals surface area contributed by atoms with Crippen LogP contribution in [0, 0.1) is 5.92 Å². The Morgan fingerprint density at radius 1 is 1.33 bits per heavy atom. The first kappa shape index (κ1) is 13.4. The molecule has 0 amide bonds. The molecule has 1 aliphatic heterocycles. The summed E-state index contributed by atoms with van der Waals surface area (Å²) in [5.41, 5.74) is 1.14. The van der Waals surface area contributed by atoms with E-state index in [2.05, 4.69) is 6.92 Å². The molecule has 0 aliphatic carbocycles. The van der Waals surface area contributed by atoms with Crippen LogP contribution in [0.4, 0.5) is 0 Å². The number of aliphatic hydroxyl groups is 1. The molecular weight excluding hydrogens is 228 g/mol. The van der Waals surface area contributed by atoms with Gasteiger partial charge in [0.1, 0.15) is 5.75 Å². The Bertz CT molecular complexity index is 347. The minimum atomic E-state index is 0.0315. The van der Waals surface area contributed by atoms with Gasteiger partial charge in [-0.25, -0.2) is 0 Å². The van der Waals surface area contributed by atoms with E-state index >= 15 is 0 Å². The summed E-state index contributed by atoms with van der Waals surface area (Å²) < 4.78 is 11.3. The van der Waals surface area contributed by atoms with Crippen molar-refractivity contribution in [2.75, 3.05) is 19.8 Å². The van der Waals surface area contributed by atoms with Crippen molar-refractivity contribution in [1.29, 1.82) is 0 Å². The number of hydrogen-bond donors (Lipinski definition) is 1. The van der Waals surface area contributed by atoms with E-state index in [0.29, 0.717) is 0 Å². The molecule has 3 heteroatoms. The molecule has 1 N–H and O–H groups in total. The molecule has 3 nitrogen and oxygen atoms in total. The molecule has 2 rings (SSSR count). The van der Waals surface area contributed by atoms with E-state index in [9.17, 15) is 5.11 Å². The maximum atomic E-state index is 9.39. The molecule has 100 valence electrons. The summed E-state index contributed by atoms with van der Waals surface area (Å²) >= 11 is 0. The lowest BCUT2D eigenvalue weighted by atomic mass is 9.90. The third-order valence-corrected chi connectivity index (χ3v) is 3.36. The van der Waals surface area contributed by atoms with Gasteiger partial charge >= 0.3 is 0 Å². The average Bonchev–Trinajstić information content (AvgIpc) is 2.45. The van der Waals surface area contributed by atoms with Gasteiger partial charge in [-0.15, -0.1) is 0 Å². The van der Waals surface area contributed by atoms with Crippen molar-refractivity contribution in [2.24, 2.45) is 5.92 Å². The van der Waals surface area contributed by atoms with Crippen molar-refractivity contribution in [2.45, 2.75) is 32.3 Å². The van der Waals surface area contributed by atoms with E-state index in [0.717, 1.165) is 43.8 Å². The second-order valence-electron chi connectivity index (χ2n) is 4.79. The Morgan fingerprint density at radius 3 is 2.78 bits per heavy atom. The second kappa shape index (κ2) is 6.76. The van der Waals surface area contributed by atoms with Crippen molar-refractivity contribution >= 4 is 0 Å². The summed E-state index contributed by atoms with van der Waals surface area (Å²) in [6.45, 7) is 3.82. The average molecular weight is 250 g/mol. The zero-order valence-corrected chi connectivity index (χ0v) is 11.0. The fourth-order valence-electron chi connectivity index (χ4n) is 2.37. The fraction of sp³-hybridized carbons (Fsp3) is 0.600. The van der Waals surface area contributed by atoms with Crippen LogP contribution < -0.4 is 4.74 Å². The molecule has 18 heavy (non-hydrogen) atoms. The highest BCUT2D eigenvalue weighted by atomic mass is 16.5. The molecule has 1 heterocycles. The predicted molar refractivity (Wildman–Crippen MR) is 70.7 cm³/mol. The maximum Gasteiger partial charge on any atom is 0.119 e. The van der Waals surface area contributed by atoms with Gasteiger partial charge < -0.3 is 14.6 Å². The summed E-state index contributed by atoms with van der Waals surface area (Å²) in [6, 6.07) is 8.06. The van der Waals surface area contributed by atoms with E-state index in [-0.39, 0.29) is 18.6 Å². The smallest absolute Gasteiger partial charge is 0.119 e. The summed E-state index contributed by atoms with van der Waals surface area (Å²) in [4.78, 5) is 0. The normalized spacial score (nSPS) is 23.9. The van der Waals surface area contributed by atoms with Crippen LogP contribution in [0.5, 0.6) is 5.75 Å². The SMILES string of the molecule is CCCOc1ccc(C2OCCCC2CO)cc1.